The molecule has 0 unspecified atom stereocenters. The molecule has 4 heteroatoms. The standard InChI is InChI=1S/C5H6O4/c1-2-3-9-5(8)4(6)7/h2-3H,1H3,(H,6,7)/b3-2+. The molecule has 1 N–H and O–H groups in total. The van der Waals surface area contributed by atoms with Gasteiger partial charge in [0.1, 0.15) is 0 Å². The molecule has 0 aromatic rings. The largest absolute Gasteiger partial charge is 0.473 e. The first kappa shape index (κ1) is 7.68. The van der Waals surface area contributed by atoms with E-state index in [1.165, 1.54) is 6.08 Å². The fourth-order valence-corrected chi connectivity index (χ4v) is 0.180. The Hall–Kier alpha value is -1.32. The summed E-state index contributed by atoms with van der Waals surface area (Å²) in [6.07, 6.45) is 2.43. The van der Waals surface area contributed by atoms with Crippen LogP contribution in [0.15, 0.2) is 12.3 Å². The SMILES string of the molecule is C/C=C/OC(=O)C(=O)O. The molecule has 0 fully saturated rings. The van der Waals surface area contributed by atoms with E-state index in [0.717, 1.165) is 6.26 Å². The summed E-state index contributed by atoms with van der Waals surface area (Å²) in [4.78, 5) is 19.7. The molecule has 0 aliphatic rings. The molecular formula is C5H6O4. The van der Waals surface area contributed by atoms with Gasteiger partial charge in [-0.3, -0.25) is 0 Å². The molecule has 0 atom stereocenters. The van der Waals surface area contributed by atoms with E-state index in [1.807, 2.05) is 0 Å². The van der Waals surface area contributed by atoms with Gasteiger partial charge in [-0.1, -0.05) is 6.08 Å². The van der Waals surface area contributed by atoms with Gasteiger partial charge in [0.05, 0.1) is 6.26 Å². The predicted octanol–water partition coefficient (Wildman–Crippen LogP) is 0.148. The van der Waals surface area contributed by atoms with Crippen molar-refractivity contribution in [2.45, 2.75) is 6.92 Å². The number of carbonyl (C=O) groups is 2. The number of ether oxygens (including phenoxy) is 1. The van der Waals surface area contributed by atoms with Gasteiger partial charge in [-0.25, -0.2) is 9.59 Å². The average molecular weight is 130 g/mol. The molecule has 0 amide bonds. The van der Waals surface area contributed by atoms with E-state index >= 15 is 0 Å². The smallest absolute Gasteiger partial charge is 0.422 e. The zero-order chi connectivity index (χ0) is 7.28. The molecule has 0 rings (SSSR count). The van der Waals surface area contributed by atoms with Crippen molar-refractivity contribution in [2.24, 2.45) is 0 Å². The average Bonchev–Trinajstić information content (AvgIpc) is 1.82. The van der Waals surface area contributed by atoms with E-state index in [2.05, 4.69) is 4.74 Å². The summed E-state index contributed by atoms with van der Waals surface area (Å²) in [5.41, 5.74) is 0. The van der Waals surface area contributed by atoms with E-state index in [1.54, 1.807) is 6.92 Å². The minimum atomic E-state index is -1.59. The topological polar surface area (TPSA) is 63.6 Å². The quantitative estimate of drug-likeness (QED) is 0.311. The van der Waals surface area contributed by atoms with Crippen LogP contribution in [0.3, 0.4) is 0 Å². The van der Waals surface area contributed by atoms with Crippen LogP contribution in [0.4, 0.5) is 0 Å². The lowest BCUT2D eigenvalue weighted by Crippen LogP contribution is -2.12. The van der Waals surface area contributed by atoms with Gasteiger partial charge in [-0.05, 0) is 6.92 Å². The Bertz CT molecular complexity index is 147. The third-order valence-corrected chi connectivity index (χ3v) is 0.486. The maximum atomic E-state index is 10.0. The van der Waals surface area contributed by atoms with Gasteiger partial charge in [0, 0.05) is 0 Å². The van der Waals surface area contributed by atoms with Gasteiger partial charge >= 0.3 is 11.9 Å². The van der Waals surface area contributed by atoms with E-state index in [9.17, 15) is 9.59 Å². The molecule has 0 aromatic heterocycles. The maximum Gasteiger partial charge on any atom is 0.422 e. The minimum absolute atomic E-state index is 1.01. The fraction of sp³-hybridized carbons (Fsp3) is 0.200. The first-order valence-electron chi connectivity index (χ1n) is 2.23. The Morgan fingerprint density at radius 3 is 2.44 bits per heavy atom. The van der Waals surface area contributed by atoms with Crippen LogP contribution in [0.2, 0.25) is 0 Å². The third-order valence-electron chi connectivity index (χ3n) is 0.486. The Morgan fingerprint density at radius 2 is 2.11 bits per heavy atom. The molecule has 0 spiro atoms. The monoisotopic (exact) mass is 130 g/mol. The highest BCUT2D eigenvalue weighted by Gasteiger charge is 2.09. The zero-order valence-corrected chi connectivity index (χ0v) is 4.83. The van der Waals surface area contributed by atoms with Crippen LogP contribution in [-0.4, -0.2) is 17.0 Å². The second kappa shape index (κ2) is 3.65. The van der Waals surface area contributed by atoms with Crippen molar-refractivity contribution < 1.29 is 19.4 Å². The van der Waals surface area contributed by atoms with Crippen LogP contribution in [0.5, 0.6) is 0 Å². The van der Waals surface area contributed by atoms with Crippen molar-refractivity contribution >= 4 is 11.9 Å². The van der Waals surface area contributed by atoms with Crippen molar-refractivity contribution in [3.63, 3.8) is 0 Å². The summed E-state index contributed by atoms with van der Waals surface area (Å²) in [6.45, 7) is 1.61. The molecule has 4 nitrogen and oxygen atoms in total. The summed E-state index contributed by atoms with van der Waals surface area (Å²) >= 11 is 0. The molecular weight excluding hydrogens is 124 g/mol. The summed E-state index contributed by atoms with van der Waals surface area (Å²) in [5, 5.41) is 7.90. The summed E-state index contributed by atoms with van der Waals surface area (Å²) in [5.74, 6) is -2.86. The zero-order valence-electron chi connectivity index (χ0n) is 4.83. The molecule has 0 aliphatic carbocycles. The third kappa shape index (κ3) is 3.28. The van der Waals surface area contributed by atoms with Crippen molar-refractivity contribution in [3.05, 3.63) is 12.3 Å². The van der Waals surface area contributed by atoms with Crippen LogP contribution >= 0.6 is 0 Å². The number of carboxylic acids is 1. The first-order valence-corrected chi connectivity index (χ1v) is 2.23. The first-order chi connectivity index (χ1) is 4.18. The number of rotatable bonds is 1. The lowest BCUT2D eigenvalue weighted by molar-refractivity contribution is -0.160. The normalized spacial score (nSPS) is 9.44. The van der Waals surface area contributed by atoms with Gasteiger partial charge in [0.15, 0.2) is 0 Å². The van der Waals surface area contributed by atoms with Crippen molar-refractivity contribution in [2.75, 3.05) is 0 Å². The predicted molar refractivity (Wildman–Crippen MR) is 28.5 cm³/mol. The van der Waals surface area contributed by atoms with Gasteiger partial charge < -0.3 is 9.84 Å². The molecule has 0 aromatic carbocycles. The van der Waals surface area contributed by atoms with E-state index in [0.29, 0.717) is 0 Å². The Kier molecular flexibility index (Phi) is 3.12. The number of esters is 1. The Balaban J connectivity index is 3.65. The van der Waals surface area contributed by atoms with E-state index in [-0.39, 0.29) is 0 Å². The van der Waals surface area contributed by atoms with Gasteiger partial charge in [0.2, 0.25) is 0 Å². The summed E-state index contributed by atoms with van der Waals surface area (Å²) in [6, 6.07) is 0. The van der Waals surface area contributed by atoms with Gasteiger partial charge in [-0.2, -0.15) is 0 Å². The molecule has 0 radical (unpaired) electrons. The number of hydrogen-bond donors (Lipinski definition) is 1. The molecule has 50 valence electrons. The molecule has 0 heterocycles. The lowest BCUT2D eigenvalue weighted by atomic mass is 10.7. The number of hydrogen-bond acceptors (Lipinski definition) is 3. The van der Waals surface area contributed by atoms with Crippen LogP contribution in [-0.2, 0) is 14.3 Å². The summed E-state index contributed by atoms with van der Waals surface area (Å²) < 4.78 is 4.03. The molecule has 0 aliphatic heterocycles. The van der Waals surface area contributed by atoms with E-state index in [4.69, 9.17) is 5.11 Å². The number of carbonyl (C=O) groups excluding carboxylic acids is 1. The van der Waals surface area contributed by atoms with Crippen molar-refractivity contribution in [3.8, 4) is 0 Å². The second-order valence-electron chi connectivity index (χ2n) is 1.18. The summed E-state index contributed by atoms with van der Waals surface area (Å²) in [7, 11) is 0. The number of aliphatic carboxylic acids is 1. The fourth-order valence-electron chi connectivity index (χ4n) is 0.180. The Morgan fingerprint density at radius 1 is 1.56 bits per heavy atom. The highest BCUT2D eigenvalue weighted by molar-refractivity contribution is 6.28. The highest BCUT2D eigenvalue weighted by atomic mass is 16.6. The van der Waals surface area contributed by atoms with Crippen molar-refractivity contribution in [1.29, 1.82) is 0 Å². The molecule has 9 heavy (non-hydrogen) atoms. The Labute approximate surface area is 51.7 Å². The molecule has 0 bridgehead atoms. The maximum absolute atomic E-state index is 10.0. The van der Waals surface area contributed by atoms with Crippen LogP contribution < -0.4 is 0 Å². The van der Waals surface area contributed by atoms with Crippen LogP contribution in [0, 0.1) is 0 Å². The van der Waals surface area contributed by atoms with Gasteiger partial charge in [-0.15, -0.1) is 0 Å². The number of carboxylic acid groups (broad SMARTS) is 1. The minimum Gasteiger partial charge on any atom is -0.473 e. The molecule has 0 saturated carbocycles. The van der Waals surface area contributed by atoms with Crippen molar-refractivity contribution in [1.82, 2.24) is 0 Å². The second-order valence-corrected chi connectivity index (χ2v) is 1.18. The van der Waals surface area contributed by atoms with Gasteiger partial charge in [0.25, 0.3) is 0 Å². The lowest BCUT2D eigenvalue weighted by Gasteiger charge is -1.88. The van der Waals surface area contributed by atoms with E-state index < -0.39 is 11.9 Å². The highest BCUT2D eigenvalue weighted by Crippen LogP contribution is 1.78. The van der Waals surface area contributed by atoms with Crippen LogP contribution in [0.25, 0.3) is 0 Å². The van der Waals surface area contributed by atoms with Crippen LogP contribution in [0.1, 0.15) is 6.92 Å². The number of allylic oxidation sites excluding steroid dienone is 1. The molecule has 0 saturated heterocycles.